The summed E-state index contributed by atoms with van der Waals surface area (Å²) in [5.74, 6) is 0.995. The summed E-state index contributed by atoms with van der Waals surface area (Å²) in [7, 11) is 1.71. The van der Waals surface area contributed by atoms with Gasteiger partial charge in [-0.15, -0.1) is 0 Å². The first-order chi connectivity index (χ1) is 17.4. The molecule has 0 atom stereocenters. The first-order valence-corrected chi connectivity index (χ1v) is 11.8. The van der Waals surface area contributed by atoms with Gasteiger partial charge in [0.1, 0.15) is 17.1 Å². The third-order valence-electron chi connectivity index (χ3n) is 5.54. The zero-order valence-electron chi connectivity index (χ0n) is 19.1. The smallest absolute Gasteiger partial charge is 0.309 e. The first kappa shape index (κ1) is 23.5. The van der Waals surface area contributed by atoms with Crippen molar-refractivity contribution < 1.29 is 14.5 Å². The average Bonchev–Trinajstić information content (AvgIpc) is 3.17. The van der Waals surface area contributed by atoms with Crippen LogP contribution >= 0.6 is 23.8 Å². The number of nitrogens with one attached hydrogen (secondary N) is 1. The Morgan fingerprint density at radius 3 is 2.28 bits per heavy atom. The summed E-state index contributed by atoms with van der Waals surface area (Å²) in [5, 5.41) is 16.0. The maximum Gasteiger partial charge on any atom is 0.309 e. The van der Waals surface area contributed by atoms with Crippen molar-refractivity contribution in [2.24, 2.45) is 5.10 Å². The van der Waals surface area contributed by atoms with Gasteiger partial charge in [0.15, 0.2) is 17.5 Å². The van der Waals surface area contributed by atoms with Gasteiger partial charge >= 0.3 is 5.17 Å². The van der Waals surface area contributed by atoms with E-state index in [4.69, 9.17) is 28.6 Å². The van der Waals surface area contributed by atoms with Gasteiger partial charge in [0, 0.05) is 10.7 Å². The quantitative estimate of drug-likeness (QED) is 0.272. The lowest BCUT2D eigenvalue weighted by molar-refractivity contribution is -0.496. The largest absolute Gasteiger partial charge is 0.494 e. The van der Waals surface area contributed by atoms with Crippen molar-refractivity contribution in [1.29, 1.82) is 0 Å². The highest BCUT2D eigenvalue weighted by atomic mass is 35.5. The number of ether oxygens (including phenoxy) is 1. The van der Waals surface area contributed by atoms with Gasteiger partial charge in [-0.05, 0) is 66.3 Å². The number of halogens is 1. The van der Waals surface area contributed by atoms with Crippen LogP contribution in [0.15, 0.2) is 100 Å². The van der Waals surface area contributed by atoms with Crippen molar-refractivity contribution in [2.75, 3.05) is 7.05 Å². The number of rotatable bonds is 5. The van der Waals surface area contributed by atoms with E-state index in [2.05, 4.69) is 10.1 Å². The summed E-state index contributed by atoms with van der Waals surface area (Å²) >= 11 is 11.9. The molecule has 0 fully saturated rings. The van der Waals surface area contributed by atoms with E-state index in [1.54, 1.807) is 31.3 Å². The van der Waals surface area contributed by atoms with Crippen molar-refractivity contribution >= 4 is 40.8 Å². The van der Waals surface area contributed by atoms with Crippen LogP contribution in [-0.4, -0.2) is 37.3 Å². The van der Waals surface area contributed by atoms with Crippen molar-refractivity contribution in [3.05, 3.63) is 117 Å². The monoisotopic (exact) mass is 515 g/mol. The van der Waals surface area contributed by atoms with Crippen molar-refractivity contribution in [3.8, 4) is 23.1 Å². The van der Waals surface area contributed by atoms with Crippen molar-refractivity contribution in [2.45, 2.75) is 0 Å². The Kier molecular flexibility index (Phi) is 6.37. The van der Waals surface area contributed by atoms with E-state index in [9.17, 15) is 9.90 Å². The van der Waals surface area contributed by atoms with Crippen LogP contribution in [0.5, 0.6) is 17.4 Å². The summed E-state index contributed by atoms with van der Waals surface area (Å²) in [5.41, 5.74) is 1.91. The number of benzene rings is 3. The number of aromatic amines is 1. The second kappa shape index (κ2) is 9.77. The van der Waals surface area contributed by atoms with Gasteiger partial charge in [-0.1, -0.05) is 53.2 Å². The zero-order chi connectivity index (χ0) is 25.2. The lowest BCUT2D eigenvalue weighted by Crippen LogP contribution is -2.17. The van der Waals surface area contributed by atoms with Crippen LogP contribution in [0.1, 0.15) is 11.1 Å². The normalized spacial score (nSPS) is 14.3. The lowest BCUT2D eigenvalue weighted by Gasteiger charge is -2.13. The minimum absolute atomic E-state index is 0.000271. The molecule has 7 nitrogen and oxygen atoms in total. The molecule has 2 N–H and O–H groups in total. The molecular formula is C27H20ClN4O3S+. The maximum absolute atomic E-state index is 12.9. The predicted molar refractivity (Wildman–Crippen MR) is 143 cm³/mol. The fraction of sp³-hybridized carbons (Fsp3) is 0.0370. The fourth-order valence-electron chi connectivity index (χ4n) is 3.80. The summed E-state index contributed by atoms with van der Waals surface area (Å²) in [4.78, 5) is 15.5. The van der Waals surface area contributed by atoms with E-state index in [0.29, 0.717) is 33.6 Å². The number of hydrogen-bond acceptors (Lipinski definition) is 5. The molecular weight excluding hydrogens is 496 g/mol. The molecule has 0 spiro atoms. The Hall–Kier alpha value is -4.27. The Balaban J connectivity index is 1.56. The zero-order valence-corrected chi connectivity index (χ0v) is 20.6. The van der Waals surface area contributed by atoms with Gasteiger partial charge in [0.05, 0.1) is 11.3 Å². The van der Waals surface area contributed by atoms with Gasteiger partial charge in [0.2, 0.25) is 5.88 Å². The van der Waals surface area contributed by atoms with Crippen LogP contribution in [0.3, 0.4) is 0 Å². The molecule has 0 unspecified atom stereocenters. The molecule has 0 saturated carbocycles. The number of hydrazone groups is 1. The minimum Gasteiger partial charge on any atom is -0.494 e. The highest BCUT2D eigenvalue weighted by molar-refractivity contribution is 7.71. The first-order valence-electron chi connectivity index (χ1n) is 11.0. The number of nitrogens with zero attached hydrogens (tertiary/aromatic N) is 3. The summed E-state index contributed by atoms with van der Waals surface area (Å²) in [6.45, 7) is 0. The van der Waals surface area contributed by atoms with Crippen LogP contribution in [-0.2, 0) is 0 Å². The SMILES string of the molecule is C[N+]1=C(Cl)C(=Cc2c(O)n(-c3ccc(Oc4ccccc4)cc3)c(=S)[nH]c2=O)C(c2ccccc2)=N1. The van der Waals surface area contributed by atoms with Crippen LogP contribution in [0.2, 0.25) is 0 Å². The van der Waals surface area contributed by atoms with E-state index in [-0.39, 0.29) is 16.2 Å². The summed E-state index contributed by atoms with van der Waals surface area (Å²) < 4.78 is 8.78. The van der Waals surface area contributed by atoms with E-state index in [1.165, 1.54) is 15.3 Å². The average molecular weight is 516 g/mol. The Labute approximate surface area is 216 Å². The fourth-order valence-corrected chi connectivity index (χ4v) is 4.26. The van der Waals surface area contributed by atoms with Crippen LogP contribution < -0.4 is 10.3 Å². The van der Waals surface area contributed by atoms with Gasteiger partial charge in [-0.3, -0.25) is 14.3 Å². The standard InChI is InChI=1S/C27H19ClN4O3S/c1-31-24(28)21(23(30-31)17-8-4-2-5-9-17)16-22-25(33)29-27(36)32(26(22)34)18-12-14-20(15-13-18)35-19-10-6-3-7-11-19/h2-16H,1H3,(H,29,33,36)/p+1. The molecule has 4 aromatic rings. The van der Waals surface area contributed by atoms with Crippen LogP contribution in [0, 0.1) is 4.77 Å². The molecule has 0 amide bonds. The van der Waals surface area contributed by atoms with Crippen LogP contribution in [0.25, 0.3) is 11.8 Å². The van der Waals surface area contributed by atoms with Crippen molar-refractivity contribution in [3.63, 3.8) is 0 Å². The Morgan fingerprint density at radius 2 is 1.61 bits per heavy atom. The molecule has 3 aromatic carbocycles. The minimum atomic E-state index is -0.545. The molecule has 36 heavy (non-hydrogen) atoms. The third-order valence-corrected chi connectivity index (χ3v) is 6.27. The topological polar surface area (TPSA) is 82.6 Å². The third kappa shape index (κ3) is 4.51. The molecule has 178 valence electrons. The number of H-pyrrole nitrogens is 1. The maximum atomic E-state index is 12.9. The molecule has 5 rings (SSSR count). The van der Waals surface area contributed by atoms with E-state index >= 15 is 0 Å². The molecule has 0 aliphatic carbocycles. The Morgan fingerprint density at radius 1 is 1.00 bits per heavy atom. The number of hydrogen-bond donors (Lipinski definition) is 2. The molecule has 1 aliphatic rings. The van der Waals surface area contributed by atoms with Gasteiger partial charge < -0.3 is 9.84 Å². The molecule has 1 aromatic heterocycles. The molecule has 1 aliphatic heterocycles. The van der Waals surface area contributed by atoms with E-state index in [1.807, 2.05) is 60.7 Å². The van der Waals surface area contributed by atoms with E-state index in [0.717, 1.165) is 5.56 Å². The van der Waals surface area contributed by atoms with E-state index < -0.39 is 5.56 Å². The van der Waals surface area contributed by atoms with Gasteiger partial charge in [-0.2, -0.15) is 0 Å². The lowest BCUT2D eigenvalue weighted by atomic mass is 10.0. The number of aromatic nitrogens is 2. The molecule has 0 bridgehead atoms. The molecule has 0 radical (unpaired) electrons. The van der Waals surface area contributed by atoms with Crippen LogP contribution in [0.4, 0.5) is 0 Å². The second-order valence-electron chi connectivity index (χ2n) is 7.93. The molecule has 2 heterocycles. The number of aromatic hydroxyl groups is 1. The predicted octanol–water partition coefficient (Wildman–Crippen LogP) is 5.47. The molecule has 9 heteroatoms. The highest BCUT2D eigenvalue weighted by Gasteiger charge is 2.31. The van der Waals surface area contributed by atoms with Crippen molar-refractivity contribution in [1.82, 2.24) is 9.55 Å². The summed E-state index contributed by atoms with van der Waals surface area (Å²) in [6.07, 6.45) is 1.52. The van der Waals surface area contributed by atoms with Gasteiger partial charge in [-0.25, -0.2) is 0 Å². The number of allylic oxidation sites excluding steroid dienone is 1. The Bertz CT molecular complexity index is 1660. The highest BCUT2D eigenvalue weighted by Crippen LogP contribution is 2.27. The summed E-state index contributed by atoms with van der Waals surface area (Å²) in [6, 6.07) is 25.8. The second-order valence-corrected chi connectivity index (χ2v) is 8.67. The molecule has 0 saturated heterocycles. The van der Waals surface area contributed by atoms with Gasteiger partial charge in [0.25, 0.3) is 5.56 Å². The number of para-hydroxylation sites is 1.